The molecular weight excluding hydrogens is 318 g/mol. The second-order valence-electron chi connectivity index (χ2n) is 6.92. The van der Waals surface area contributed by atoms with Crippen LogP contribution in [0.2, 0.25) is 0 Å². The Bertz CT molecular complexity index is 572. The van der Waals surface area contributed by atoms with E-state index in [1.54, 1.807) is 13.0 Å². The van der Waals surface area contributed by atoms with Gasteiger partial charge in [0.15, 0.2) is 12.7 Å². The number of amides is 1. The van der Waals surface area contributed by atoms with E-state index in [1.165, 1.54) is 5.56 Å². The first-order chi connectivity index (χ1) is 11.7. The molecule has 1 N–H and O–H groups in total. The van der Waals surface area contributed by atoms with Crippen LogP contribution in [0.25, 0.3) is 0 Å². The lowest BCUT2D eigenvalue weighted by Crippen LogP contribution is -2.33. The van der Waals surface area contributed by atoms with Crippen molar-refractivity contribution in [1.82, 2.24) is 5.32 Å². The van der Waals surface area contributed by atoms with Gasteiger partial charge >= 0.3 is 5.97 Å². The van der Waals surface area contributed by atoms with Crippen molar-refractivity contribution in [2.75, 3.05) is 19.8 Å². The predicted octanol–water partition coefficient (Wildman–Crippen LogP) is 2.78. The first-order valence-corrected chi connectivity index (χ1v) is 8.49. The number of rotatable bonds is 9. The van der Waals surface area contributed by atoms with Crippen molar-refractivity contribution < 1.29 is 19.1 Å². The topological polar surface area (TPSA) is 64.6 Å². The molecule has 0 aliphatic carbocycles. The second-order valence-corrected chi connectivity index (χ2v) is 6.92. The van der Waals surface area contributed by atoms with Crippen LogP contribution < -0.4 is 5.32 Å². The van der Waals surface area contributed by atoms with Gasteiger partial charge in [-0.2, -0.15) is 0 Å². The average Bonchev–Trinajstić information content (AvgIpc) is 2.57. The molecule has 1 atom stereocenters. The van der Waals surface area contributed by atoms with Crippen molar-refractivity contribution in [1.29, 1.82) is 0 Å². The lowest BCUT2D eigenvalue weighted by Gasteiger charge is -2.19. The minimum Gasteiger partial charge on any atom is -0.454 e. The van der Waals surface area contributed by atoms with Crippen LogP contribution in [-0.2, 0) is 30.9 Å². The highest BCUT2D eigenvalue weighted by atomic mass is 16.6. The summed E-state index contributed by atoms with van der Waals surface area (Å²) in [6.45, 7) is 12.0. The van der Waals surface area contributed by atoms with Crippen LogP contribution in [0.1, 0.15) is 38.8 Å². The van der Waals surface area contributed by atoms with Gasteiger partial charge in [-0.05, 0) is 29.9 Å². The first kappa shape index (κ1) is 20.9. The molecule has 1 aromatic rings. The Labute approximate surface area is 150 Å². The highest BCUT2D eigenvalue weighted by molar-refractivity contribution is 5.81. The van der Waals surface area contributed by atoms with E-state index in [0.29, 0.717) is 6.54 Å². The maximum atomic E-state index is 11.7. The monoisotopic (exact) mass is 347 g/mol. The van der Waals surface area contributed by atoms with Crippen LogP contribution in [0.4, 0.5) is 0 Å². The third kappa shape index (κ3) is 7.98. The Morgan fingerprint density at radius 3 is 2.44 bits per heavy atom. The van der Waals surface area contributed by atoms with Crippen LogP contribution in [0, 0.1) is 0 Å². The van der Waals surface area contributed by atoms with E-state index in [0.717, 1.165) is 12.0 Å². The van der Waals surface area contributed by atoms with Gasteiger partial charge in [-0.3, -0.25) is 4.79 Å². The fraction of sp³-hybridized carbons (Fsp3) is 0.500. The Morgan fingerprint density at radius 1 is 1.24 bits per heavy atom. The summed E-state index contributed by atoms with van der Waals surface area (Å²) >= 11 is 0. The van der Waals surface area contributed by atoms with Crippen molar-refractivity contribution in [3.8, 4) is 0 Å². The van der Waals surface area contributed by atoms with Crippen molar-refractivity contribution in [2.24, 2.45) is 0 Å². The number of hydrogen-bond donors (Lipinski definition) is 1. The summed E-state index contributed by atoms with van der Waals surface area (Å²) in [5.41, 5.74) is 2.56. The largest absolute Gasteiger partial charge is 0.454 e. The Morgan fingerprint density at radius 2 is 1.88 bits per heavy atom. The quantitative estimate of drug-likeness (QED) is 0.551. The third-order valence-electron chi connectivity index (χ3n) is 3.70. The standard InChI is InChI=1S/C20H29NO4/c1-6-13-24-15(2)19(23)25-14-18(22)21-12-11-16-7-9-17(10-8-16)20(3,4)5/h6-10,15H,1,11-14H2,2-5H3,(H,21,22). The molecule has 0 aliphatic heterocycles. The van der Waals surface area contributed by atoms with Gasteiger partial charge in [0.1, 0.15) is 0 Å². The molecule has 0 saturated carbocycles. The summed E-state index contributed by atoms with van der Waals surface area (Å²) in [6.07, 6.45) is 1.56. The molecular formula is C20H29NO4. The molecule has 0 heterocycles. The third-order valence-corrected chi connectivity index (χ3v) is 3.70. The molecule has 0 saturated heterocycles. The minimum atomic E-state index is -0.716. The average molecular weight is 347 g/mol. The zero-order valence-electron chi connectivity index (χ0n) is 15.6. The molecule has 1 rings (SSSR count). The van der Waals surface area contributed by atoms with Gasteiger partial charge in [0, 0.05) is 6.54 Å². The van der Waals surface area contributed by atoms with Gasteiger partial charge < -0.3 is 14.8 Å². The number of nitrogens with one attached hydrogen (secondary N) is 1. The summed E-state index contributed by atoms with van der Waals surface area (Å²) in [5, 5.41) is 2.74. The van der Waals surface area contributed by atoms with Crippen LogP contribution in [0.5, 0.6) is 0 Å². The van der Waals surface area contributed by atoms with Gasteiger partial charge in [0.05, 0.1) is 6.61 Å². The maximum absolute atomic E-state index is 11.7. The zero-order valence-corrected chi connectivity index (χ0v) is 15.6. The van der Waals surface area contributed by atoms with Gasteiger partial charge in [-0.15, -0.1) is 6.58 Å². The lowest BCUT2D eigenvalue weighted by molar-refractivity contribution is -0.158. The summed E-state index contributed by atoms with van der Waals surface area (Å²) in [5.74, 6) is -0.884. The number of carbonyl (C=O) groups is 2. The zero-order chi connectivity index (χ0) is 18.9. The van der Waals surface area contributed by atoms with Crippen molar-refractivity contribution in [3.63, 3.8) is 0 Å². The normalized spacial score (nSPS) is 12.3. The van der Waals surface area contributed by atoms with Gasteiger partial charge in [-0.1, -0.05) is 51.1 Å². The molecule has 0 spiro atoms. The van der Waals surface area contributed by atoms with Gasteiger partial charge in [0.2, 0.25) is 0 Å². The molecule has 0 aliphatic rings. The predicted molar refractivity (Wildman–Crippen MR) is 98.4 cm³/mol. The molecule has 0 radical (unpaired) electrons. The van der Waals surface area contributed by atoms with E-state index in [2.05, 4.69) is 56.9 Å². The lowest BCUT2D eigenvalue weighted by atomic mass is 9.86. The molecule has 0 bridgehead atoms. The van der Waals surface area contributed by atoms with E-state index in [1.807, 2.05) is 0 Å². The van der Waals surface area contributed by atoms with Crippen LogP contribution in [0.3, 0.4) is 0 Å². The molecule has 0 aromatic heterocycles. The second kappa shape index (κ2) is 9.99. The number of ether oxygens (including phenoxy) is 2. The first-order valence-electron chi connectivity index (χ1n) is 8.49. The van der Waals surface area contributed by atoms with Crippen LogP contribution >= 0.6 is 0 Å². The number of benzene rings is 1. The van der Waals surface area contributed by atoms with E-state index >= 15 is 0 Å². The molecule has 138 valence electrons. The van der Waals surface area contributed by atoms with E-state index in [4.69, 9.17) is 9.47 Å². The summed E-state index contributed by atoms with van der Waals surface area (Å²) in [7, 11) is 0. The van der Waals surface area contributed by atoms with Crippen molar-refractivity contribution >= 4 is 11.9 Å². The number of hydrogen-bond acceptors (Lipinski definition) is 4. The minimum absolute atomic E-state index is 0.128. The van der Waals surface area contributed by atoms with Crippen molar-refractivity contribution in [2.45, 2.75) is 45.6 Å². The number of carbonyl (C=O) groups excluding carboxylic acids is 2. The smallest absolute Gasteiger partial charge is 0.335 e. The molecule has 1 aromatic carbocycles. The highest BCUT2D eigenvalue weighted by Gasteiger charge is 2.16. The summed E-state index contributed by atoms with van der Waals surface area (Å²) < 4.78 is 10.0. The van der Waals surface area contributed by atoms with Gasteiger partial charge in [0.25, 0.3) is 5.91 Å². The maximum Gasteiger partial charge on any atom is 0.335 e. The highest BCUT2D eigenvalue weighted by Crippen LogP contribution is 2.22. The molecule has 25 heavy (non-hydrogen) atoms. The van der Waals surface area contributed by atoms with E-state index in [9.17, 15) is 9.59 Å². The SMILES string of the molecule is C=CCOC(C)C(=O)OCC(=O)NCCc1ccc(C(C)(C)C)cc1. The van der Waals surface area contributed by atoms with Crippen LogP contribution in [0.15, 0.2) is 36.9 Å². The Hall–Kier alpha value is -2.14. The molecule has 1 amide bonds. The molecule has 5 nitrogen and oxygen atoms in total. The summed E-state index contributed by atoms with van der Waals surface area (Å²) in [6, 6.07) is 8.38. The van der Waals surface area contributed by atoms with Gasteiger partial charge in [-0.25, -0.2) is 4.79 Å². The number of esters is 1. The molecule has 0 fully saturated rings. The Kier molecular flexibility index (Phi) is 8.35. The Balaban J connectivity index is 2.28. The van der Waals surface area contributed by atoms with Crippen LogP contribution in [-0.4, -0.2) is 37.7 Å². The molecule has 1 unspecified atom stereocenters. The fourth-order valence-electron chi connectivity index (χ4n) is 2.10. The fourth-order valence-corrected chi connectivity index (χ4v) is 2.10. The van der Waals surface area contributed by atoms with E-state index in [-0.39, 0.29) is 24.5 Å². The molecule has 5 heteroatoms. The summed E-state index contributed by atoms with van der Waals surface area (Å²) in [4.78, 5) is 23.3. The van der Waals surface area contributed by atoms with Crippen molar-refractivity contribution in [3.05, 3.63) is 48.0 Å². The van der Waals surface area contributed by atoms with E-state index < -0.39 is 12.1 Å².